The summed E-state index contributed by atoms with van der Waals surface area (Å²) in [4.78, 5) is 9.38. The van der Waals surface area contributed by atoms with Crippen molar-refractivity contribution in [3.05, 3.63) is 33.3 Å². The number of nitro benzene ring substituents is 1. The van der Waals surface area contributed by atoms with E-state index in [-0.39, 0.29) is 0 Å². The molecule has 0 amide bonds. The second-order valence-corrected chi connectivity index (χ2v) is 2.94. The Balaban J connectivity index is 3.21. The molecule has 0 atom stereocenters. The lowest BCUT2D eigenvalue weighted by molar-refractivity contribution is -0.384. The van der Waals surface area contributed by atoms with E-state index in [1.54, 1.807) is 0 Å². The lowest BCUT2D eigenvalue weighted by atomic mass is 9.80. The zero-order chi connectivity index (χ0) is 10.9. The van der Waals surface area contributed by atoms with E-state index in [2.05, 4.69) is 0 Å². The van der Waals surface area contributed by atoms with Gasteiger partial charge in [0.05, 0.1) is 4.92 Å². The zero-order valence-corrected chi connectivity index (χ0v) is 7.34. The number of hydrogen-bond donors (Lipinski definition) is 0. The Labute approximate surface area is 81.7 Å². The second-order valence-electron chi connectivity index (χ2n) is 2.54. The number of halogens is 4. The highest BCUT2D eigenvalue weighted by Crippen LogP contribution is 2.20. The van der Waals surface area contributed by atoms with Gasteiger partial charge in [0.25, 0.3) is 5.69 Å². The summed E-state index contributed by atoms with van der Waals surface area (Å²) in [6, 6.07) is 2.07. The standard InChI is InChI=1S/C6H3BClF3NO2/c8-6-3-4(12(13)14)1-2-5(6)7(9,10)11/h1-3H/q-1. The van der Waals surface area contributed by atoms with Gasteiger partial charge in [-0.3, -0.25) is 10.1 Å². The molecule has 1 rings (SSSR count). The summed E-state index contributed by atoms with van der Waals surface area (Å²) in [6.45, 7) is -5.22. The molecule has 76 valence electrons. The summed E-state index contributed by atoms with van der Waals surface area (Å²) in [7, 11) is 0. The first-order chi connectivity index (χ1) is 6.32. The van der Waals surface area contributed by atoms with Gasteiger partial charge in [-0.1, -0.05) is 23.1 Å². The van der Waals surface area contributed by atoms with Crippen LogP contribution in [0.25, 0.3) is 0 Å². The lowest BCUT2D eigenvalue weighted by Gasteiger charge is -2.15. The SMILES string of the molecule is O=[N+]([O-])c1ccc([B-](F)(F)F)c(Cl)c1. The van der Waals surface area contributed by atoms with Gasteiger partial charge >= 0.3 is 6.98 Å². The molecule has 0 saturated carbocycles. The second kappa shape index (κ2) is 3.49. The Morgan fingerprint density at radius 1 is 1.36 bits per heavy atom. The number of rotatable bonds is 2. The predicted octanol–water partition coefficient (Wildman–Crippen LogP) is 2.30. The molecular weight excluding hydrogens is 221 g/mol. The molecule has 0 unspecified atom stereocenters. The Hall–Kier alpha value is -1.24. The summed E-state index contributed by atoms with van der Waals surface area (Å²) < 4.78 is 36.6. The van der Waals surface area contributed by atoms with Crippen molar-refractivity contribution in [3.63, 3.8) is 0 Å². The molecule has 0 bridgehead atoms. The molecular formula is C6H3BClF3NO2-. The highest BCUT2D eigenvalue weighted by molar-refractivity contribution is 6.75. The average molecular weight is 224 g/mol. The molecule has 0 saturated heterocycles. The normalized spacial score (nSPS) is 11.4. The molecule has 0 aliphatic rings. The van der Waals surface area contributed by atoms with Crippen LogP contribution >= 0.6 is 11.6 Å². The van der Waals surface area contributed by atoms with Crippen LogP contribution in [0.1, 0.15) is 0 Å². The van der Waals surface area contributed by atoms with E-state index in [0.29, 0.717) is 12.1 Å². The van der Waals surface area contributed by atoms with Gasteiger partial charge in [0, 0.05) is 17.2 Å². The van der Waals surface area contributed by atoms with Gasteiger partial charge in [-0.15, -0.1) is 0 Å². The van der Waals surface area contributed by atoms with Crippen molar-refractivity contribution >= 4 is 29.7 Å². The quantitative estimate of drug-likeness (QED) is 0.439. The van der Waals surface area contributed by atoms with Crippen LogP contribution < -0.4 is 5.46 Å². The van der Waals surface area contributed by atoms with Crippen LogP contribution in [0.5, 0.6) is 0 Å². The molecule has 1 aromatic carbocycles. The van der Waals surface area contributed by atoms with Gasteiger partial charge in [0.15, 0.2) is 0 Å². The summed E-state index contributed by atoms with van der Waals surface area (Å²) in [5.41, 5.74) is -1.48. The number of nitrogens with zero attached hydrogens (tertiary/aromatic N) is 1. The lowest BCUT2D eigenvalue weighted by Crippen LogP contribution is -2.34. The van der Waals surface area contributed by atoms with E-state index in [9.17, 15) is 23.1 Å². The molecule has 1 aromatic rings. The number of benzene rings is 1. The van der Waals surface area contributed by atoms with Crippen LogP contribution in [0, 0.1) is 10.1 Å². The molecule has 3 nitrogen and oxygen atoms in total. The topological polar surface area (TPSA) is 43.1 Å². The van der Waals surface area contributed by atoms with Gasteiger partial charge < -0.3 is 12.9 Å². The summed E-state index contributed by atoms with van der Waals surface area (Å²) in [6.07, 6.45) is 0. The summed E-state index contributed by atoms with van der Waals surface area (Å²) in [5, 5.41) is 9.54. The van der Waals surface area contributed by atoms with Crippen molar-refractivity contribution < 1.29 is 17.9 Å². The fourth-order valence-corrected chi connectivity index (χ4v) is 1.19. The van der Waals surface area contributed by atoms with Gasteiger partial charge in [-0.05, 0) is 0 Å². The van der Waals surface area contributed by atoms with Gasteiger partial charge in [0.1, 0.15) is 0 Å². The minimum atomic E-state index is -5.22. The van der Waals surface area contributed by atoms with Crippen molar-refractivity contribution in [1.82, 2.24) is 0 Å². The maximum atomic E-state index is 12.2. The maximum absolute atomic E-state index is 12.2. The molecule has 0 heterocycles. The molecule has 8 heteroatoms. The molecule has 0 aliphatic carbocycles. The largest absolute Gasteiger partial charge is 0.511 e. The molecule has 14 heavy (non-hydrogen) atoms. The van der Waals surface area contributed by atoms with Crippen molar-refractivity contribution in [3.8, 4) is 0 Å². The third-order valence-corrected chi connectivity index (χ3v) is 1.87. The number of hydrogen-bond acceptors (Lipinski definition) is 2. The van der Waals surface area contributed by atoms with E-state index < -0.39 is 28.1 Å². The van der Waals surface area contributed by atoms with E-state index >= 15 is 0 Å². The number of non-ortho nitro benzene ring substituents is 1. The Morgan fingerprint density at radius 2 is 1.93 bits per heavy atom. The summed E-state index contributed by atoms with van der Waals surface area (Å²) >= 11 is 5.25. The van der Waals surface area contributed by atoms with E-state index in [1.807, 2.05) is 0 Å². The first-order valence-corrected chi connectivity index (χ1v) is 3.84. The Bertz CT molecular complexity index is 382. The van der Waals surface area contributed by atoms with E-state index in [4.69, 9.17) is 11.6 Å². The minimum absolute atomic E-state index is 0.459. The number of nitro groups is 1. The fourth-order valence-electron chi connectivity index (χ4n) is 0.895. The molecule has 0 aliphatic heterocycles. The predicted molar refractivity (Wildman–Crippen MR) is 46.8 cm³/mol. The van der Waals surface area contributed by atoms with Crippen LogP contribution in [0.2, 0.25) is 5.02 Å². The van der Waals surface area contributed by atoms with Crippen molar-refractivity contribution in [2.45, 2.75) is 0 Å². The van der Waals surface area contributed by atoms with Crippen LogP contribution in [-0.4, -0.2) is 11.9 Å². The van der Waals surface area contributed by atoms with Crippen molar-refractivity contribution in [2.24, 2.45) is 0 Å². The zero-order valence-electron chi connectivity index (χ0n) is 6.58. The van der Waals surface area contributed by atoms with E-state index in [0.717, 1.165) is 6.07 Å². The summed E-state index contributed by atoms with van der Waals surface area (Å²) in [5.74, 6) is 0. The van der Waals surface area contributed by atoms with Crippen molar-refractivity contribution in [2.75, 3.05) is 0 Å². The first kappa shape index (κ1) is 10.8. The molecule has 0 radical (unpaired) electrons. The smallest absolute Gasteiger partial charge is 0.445 e. The van der Waals surface area contributed by atoms with Gasteiger partial charge in [0.2, 0.25) is 0 Å². The van der Waals surface area contributed by atoms with Crippen LogP contribution in [0.3, 0.4) is 0 Å². The van der Waals surface area contributed by atoms with E-state index in [1.165, 1.54) is 0 Å². The minimum Gasteiger partial charge on any atom is -0.445 e. The van der Waals surface area contributed by atoms with Crippen LogP contribution in [-0.2, 0) is 0 Å². The molecule has 0 aromatic heterocycles. The molecule has 0 N–H and O–H groups in total. The van der Waals surface area contributed by atoms with Crippen LogP contribution in [0.15, 0.2) is 18.2 Å². The molecule has 0 spiro atoms. The third kappa shape index (κ3) is 2.17. The monoisotopic (exact) mass is 224 g/mol. The fraction of sp³-hybridized carbons (Fsp3) is 0. The molecule has 0 fully saturated rings. The first-order valence-electron chi connectivity index (χ1n) is 3.46. The Kier molecular flexibility index (Phi) is 2.70. The maximum Gasteiger partial charge on any atom is 0.511 e. The highest BCUT2D eigenvalue weighted by atomic mass is 35.5. The third-order valence-electron chi connectivity index (χ3n) is 1.55. The van der Waals surface area contributed by atoms with Crippen LogP contribution in [0.4, 0.5) is 18.6 Å². The highest BCUT2D eigenvalue weighted by Gasteiger charge is 2.28. The van der Waals surface area contributed by atoms with Gasteiger partial charge in [-0.25, -0.2) is 0 Å². The Morgan fingerprint density at radius 3 is 2.29 bits per heavy atom. The van der Waals surface area contributed by atoms with Crippen molar-refractivity contribution in [1.29, 1.82) is 0 Å². The van der Waals surface area contributed by atoms with Gasteiger partial charge in [-0.2, -0.15) is 0 Å². The average Bonchev–Trinajstić information content (AvgIpc) is 2.01.